The highest BCUT2D eigenvalue weighted by molar-refractivity contribution is 5.51. The van der Waals surface area contributed by atoms with Crippen LogP contribution >= 0.6 is 0 Å². The van der Waals surface area contributed by atoms with Gasteiger partial charge in [0.15, 0.2) is 0 Å². The van der Waals surface area contributed by atoms with Crippen LogP contribution < -0.4 is 9.64 Å². The van der Waals surface area contributed by atoms with Gasteiger partial charge in [0.25, 0.3) is 0 Å². The average Bonchev–Trinajstić information content (AvgIpc) is 2.75. The molecular formula is C20H28N2O. The molecule has 1 aromatic rings. The van der Waals surface area contributed by atoms with E-state index in [2.05, 4.69) is 53.8 Å². The molecule has 0 spiro atoms. The smallest absolute Gasteiger partial charge is 0.119 e. The van der Waals surface area contributed by atoms with Crippen molar-refractivity contribution in [3.05, 3.63) is 24.3 Å². The van der Waals surface area contributed by atoms with E-state index >= 15 is 0 Å². The molecule has 0 radical (unpaired) electrons. The predicted molar refractivity (Wildman–Crippen MR) is 95.9 cm³/mol. The molecule has 0 N–H and O–H groups in total. The Morgan fingerprint density at radius 2 is 1.96 bits per heavy atom. The molecule has 2 bridgehead atoms. The summed E-state index contributed by atoms with van der Waals surface area (Å²) in [6.45, 7) is 11.6. The summed E-state index contributed by atoms with van der Waals surface area (Å²) in [5.41, 5.74) is 1.61. The van der Waals surface area contributed by atoms with Crippen LogP contribution in [0.3, 0.4) is 0 Å². The maximum absolute atomic E-state index is 5.58. The first-order valence-corrected chi connectivity index (χ1v) is 8.69. The van der Waals surface area contributed by atoms with Gasteiger partial charge in [0.05, 0.1) is 13.2 Å². The third-order valence-corrected chi connectivity index (χ3v) is 5.29. The molecule has 3 saturated heterocycles. The average molecular weight is 312 g/mol. The van der Waals surface area contributed by atoms with Crippen molar-refractivity contribution in [1.29, 1.82) is 0 Å². The van der Waals surface area contributed by atoms with Gasteiger partial charge in [-0.15, -0.1) is 6.42 Å². The molecule has 3 heteroatoms. The molecule has 3 aliphatic rings. The van der Waals surface area contributed by atoms with Crippen molar-refractivity contribution in [3.8, 4) is 18.1 Å². The Hall–Kier alpha value is -1.66. The summed E-state index contributed by atoms with van der Waals surface area (Å²) < 4.78 is 5.58. The van der Waals surface area contributed by atoms with E-state index in [0.717, 1.165) is 31.9 Å². The number of nitrogens with zero attached hydrogens (tertiary/aromatic N) is 2. The zero-order valence-electron chi connectivity index (χ0n) is 14.6. The monoisotopic (exact) mass is 312 g/mol. The van der Waals surface area contributed by atoms with Crippen LogP contribution in [0, 0.1) is 23.7 Å². The van der Waals surface area contributed by atoms with Gasteiger partial charge in [-0.05, 0) is 48.9 Å². The Kier molecular flexibility index (Phi) is 4.55. The minimum absolute atomic E-state index is 0.310. The van der Waals surface area contributed by atoms with Gasteiger partial charge in [-0.2, -0.15) is 0 Å². The van der Waals surface area contributed by atoms with Gasteiger partial charge in [0.2, 0.25) is 0 Å². The fourth-order valence-corrected chi connectivity index (χ4v) is 4.37. The zero-order valence-corrected chi connectivity index (χ0v) is 14.6. The predicted octanol–water partition coefficient (Wildman–Crippen LogP) is 3.26. The molecular weight excluding hydrogens is 284 g/mol. The molecule has 2 unspecified atom stereocenters. The van der Waals surface area contributed by atoms with Crippen molar-refractivity contribution in [2.75, 3.05) is 37.7 Å². The van der Waals surface area contributed by atoms with E-state index in [-0.39, 0.29) is 0 Å². The summed E-state index contributed by atoms with van der Waals surface area (Å²) >= 11 is 0. The Morgan fingerprint density at radius 3 is 2.61 bits per heavy atom. The molecule has 3 heterocycles. The Bertz CT molecular complexity index is 572. The molecule has 3 aliphatic heterocycles. The molecule has 0 aromatic heterocycles. The Balaban J connectivity index is 1.86. The number of piperidine rings is 1. The first-order chi connectivity index (χ1) is 11.0. The minimum Gasteiger partial charge on any atom is -0.494 e. The van der Waals surface area contributed by atoms with Crippen LogP contribution in [0.4, 0.5) is 5.69 Å². The van der Waals surface area contributed by atoms with Crippen molar-refractivity contribution < 1.29 is 4.74 Å². The lowest BCUT2D eigenvalue weighted by Crippen LogP contribution is -2.53. The van der Waals surface area contributed by atoms with Crippen molar-refractivity contribution in [1.82, 2.24) is 4.90 Å². The lowest BCUT2D eigenvalue weighted by atomic mass is 9.73. The maximum Gasteiger partial charge on any atom is 0.119 e. The van der Waals surface area contributed by atoms with E-state index in [1.165, 1.54) is 12.1 Å². The van der Waals surface area contributed by atoms with Crippen LogP contribution in [-0.2, 0) is 0 Å². The first kappa shape index (κ1) is 16.2. The van der Waals surface area contributed by atoms with E-state index in [0.29, 0.717) is 24.0 Å². The molecule has 1 aromatic carbocycles. The molecule has 0 aliphatic carbocycles. The van der Waals surface area contributed by atoms with Crippen LogP contribution in [0.15, 0.2) is 24.3 Å². The van der Waals surface area contributed by atoms with Gasteiger partial charge < -0.3 is 9.64 Å². The number of rotatable bonds is 4. The number of hydrogen-bond donors (Lipinski definition) is 0. The summed E-state index contributed by atoms with van der Waals surface area (Å²) in [6, 6.07) is 9.08. The van der Waals surface area contributed by atoms with E-state index in [1.807, 2.05) is 6.92 Å². The van der Waals surface area contributed by atoms with Gasteiger partial charge in [-0.1, -0.05) is 19.8 Å². The normalized spacial score (nSPS) is 26.6. The lowest BCUT2D eigenvalue weighted by molar-refractivity contribution is 0.191. The van der Waals surface area contributed by atoms with Gasteiger partial charge in [-0.3, -0.25) is 4.90 Å². The van der Waals surface area contributed by atoms with E-state index < -0.39 is 0 Å². The van der Waals surface area contributed by atoms with Crippen molar-refractivity contribution in [2.45, 2.75) is 33.2 Å². The quantitative estimate of drug-likeness (QED) is 0.794. The molecule has 2 atom stereocenters. The fourth-order valence-electron chi connectivity index (χ4n) is 4.37. The van der Waals surface area contributed by atoms with Gasteiger partial charge in [0, 0.05) is 31.4 Å². The third kappa shape index (κ3) is 3.33. The van der Waals surface area contributed by atoms with Crippen LogP contribution in [0.1, 0.15) is 27.2 Å². The van der Waals surface area contributed by atoms with E-state index in [9.17, 15) is 0 Å². The standard InChI is InChI=1S/C20H28N2O/c1-5-11-21-13-16-12-20(3,4)19(15-21)22(14-16)17-7-9-18(10-8-17)23-6-2/h1,7-10,16,19H,6,11-15H2,2-4H3. The molecule has 4 rings (SSSR count). The third-order valence-electron chi connectivity index (χ3n) is 5.29. The van der Waals surface area contributed by atoms with Crippen molar-refractivity contribution in [3.63, 3.8) is 0 Å². The molecule has 0 amide bonds. The van der Waals surface area contributed by atoms with Gasteiger partial charge in [0.1, 0.15) is 5.75 Å². The van der Waals surface area contributed by atoms with Crippen molar-refractivity contribution in [2.24, 2.45) is 11.3 Å². The number of fused-ring (bicyclic) bond motifs is 4. The SMILES string of the molecule is C#CCN1CC2CN(c3ccc(OCC)cc3)C(C1)C(C)(C)C2. The van der Waals surface area contributed by atoms with Crippen LogP contribution in [0.25, 0.3) is 0 Å². The summed E-state index contributed by atoms with van der Waals surface area (Å²) in [4.78, 5) is 5.05. The van der Waals surface area contributed by atoms with Gasteiger partial charge in [-0.25, -0.2) is 0 Å². The maximum atomic E-state index is 5.58. The van der Waals surface area contributed by atoms with E-state index in [1.54, 1.807) is 0 Å². The Morgan fingerprint density at radius 1 is 1.22 bits per heavy atom. The summed E-state index contributed by atoms with van der Waals surface area (Å²) in [5, 5.41) is 0. The molecule has 23 heavy (non-hydrogen) atoms. The number of terminal acetylenes is 1. The second-order valence-electron chi connectivity index (χ2n) is 7.55. The first-order valence-electron chi connectivity index (χ1n) is 8.69. The second-order valence-corrected chi connectivity index (χ2v) is 7.55. The van der Waals surface area contributed by atoms with Crippen LogP contribution in [-0.4, -0.2) is 43.7 Å². The highest BCUT2D eigenvalue weighted by atomic mass is 16.5. The fraction of sp³-hybridized carbons (Fsp3) is 0.600. The van der Waals surface area contributed by atoms with E-state index in [4.69, 9.17) is 11.2 Å². The summed E-state index contributed by atoms with van der Waals surface area (Å²) in [7, 11) is 0. The molecule has 3 nitrogen and oxygen atoms in total. The van der Waals surface area contributed by atoms with Crippen LogP contribution in [0.2, 0.25) is 0 Å². The molecule has 0 saturated carbocycles. The molecule has 124 valence electrons. The highest BCUT2D eigenvalue weighted by Crippen LogP contribution is 2.43. The summed E-state index contributed by atoms with van der Waals surface area (Å²) in [5.74, 6) is 4.46. The highest BCUT2D eigenvalue weighted by Gasteiger charge is 2.45. The summed E-state index contributed by atoms with van der Waals surface area (Å²) in [6.07, 6.45) is 6.84. The lowest BCUT2D eigenvalue weighted by Gasteiger charge is -2.48. The second kappa shape index (κ2) is 6.45. The van der Waals surface area contributed by atoms with Crippen LogP contribution in [0.5, 0.6) is 5.75 Å². The van der Waals surface area contributed by atoms with Crippen molar-refractivity contribution >= 4 is 5.69 Å². The zero-order chi connectivity index (χ0) is 16.4. The van der Waals surface area contributed by atoms with Gasteiger partial charge >= 0.3 is 0 Å². The number of hydrogen-bond acceptors (Lipinski definition) is 3. The topological polar surface area (TPSA) is 15.7 Å². The number of anilines is 1. The largest absolute Gasteiger partial charge is 0.494 e. The minimum atomic E-state index is 0.310. The molecule has 3 fully saturated rings. The number of ether oxygens (including phenoxy) is 1. The Labute approximate surface area is 140 Å². The number of benzene rings is 1.